The van der Waals surface area contributed by atoms with Gasteiger partial charge in [-0.3, -0.25) is 10.1 Å². The molecule has 0 aliphatic heterocycles. The molecule has 3 aromatic rings. The van der Waals surface area contributed by atoms with Gasteiger partial charge in [0.15, 0.2) is 0 Å². The van der Waals surface area contributed by atoms with E-state index in [9.17, 15) is 10.1 Å². The normalized spacial score (nSPS) is 11.5. The summed E-state index contributed by atoms with van der Waals surface area (Å²) in [7, 11) is 0. The Hall–Kier alpha value is -2.32. The van der Waals surface area contributed by atoms with Gasteiger partial charge in [-0.05, 0) is 24.3 Å². The van der Waals surface area contributed by atoms with Gasteiger partial charge in [0.25, 0.3) is 0 Å². The van der Waals surface area contributed by atoms with Crippen molar-refractivity contribution >= 4 is 44.2 Å². The van der Waals surface area contributed by atoms with Gasteiger partial charge in [-0.1, -0.05) is 22.9 Å². The van der Waals surface area contributed by atoms with E-state index in [2.05, 4.69) is 15.2 Å². The van der Waals surface area contributed by atoms with Gasteiger partial charge < -0.3 is 4.42 Å². The predicted octanol–water partition coefficient (Wildman–Crippen LogP) is 4.73. The zero-order valence-corrected chi connectivity index (χ0v) is 12.0. The summed E-state index contributed by atoms with van der Waals surface area (Å²) in [6.07, 6.45) is 0. The number of azo groups is 1. The molecule has 0 saturated heterocycles. The molecular formula is C12H7ClN4O3S. The van der Waals surface area contributed by atoms with E-state index in [1.807, 2.05) is 12.1 Å². The van der Waals surface area contributed by atoms with Crippen molar-refractivity contribution in [2.75, 3.05) is 0 Å². The maximum Gasteiger partial charge on any atom is 0.433 e. The molecule has 0 aliphatic carbocycles. The zero-order chi connectivity index (χ0) is 14.8. The maximum absolute atomic E-state index is 10.5. The van der Waals surface area contributed by atoms with Gasteiger partial charge >= 0.3 is 5.88 Å². The number of hydrogen-bond acceptors (Lipinski definition) is 7. The van der Waals surface area contributed by atoms with Crippen LogP contribution in [0, 0.1) is 10.1 Å². The number of nitrogens with zero attached hydrogens (tertiary/aromatic N) is 4. The number of hydrogen-bond donors (Lipinski definition) is 0. The SMILES string of the molecule is O=[N+]([O-])c1ccc(CN=Nc2nc3ccc(Cl)cc3s2)o1. The largest absolute Gasteiger partial charge is 0.433 e. The summed E-state index contributed by atoms with van der Waals surface area (Å²) < 4.78 is 5.89. The Labute approximate surface area is 127 Å². The third-order valence-electron chi connectivity index (χ3n) is 2.55. The van der Waals surface area contributed by atoms with E-state index < -0.39 is 4.92 Å². The van der Waals surface area contributed by atoms with Crippen molar-refractivity contribution in [1.82, 2.24) is 4.98 Å². The molecule has 0 fully saturated rings. The van der Waals surface area contributed by atoms with E-state index in [1.54, 1.807) is 6.07 Å². The smallest absolute Gasteiger partial charge is 0.404 e. The summed E-state index contributed by atoms with van der Waals surface area (Å²) in [6.45, 7) is 0.116. The van der Waals surface area contributed by atoms with Crippen LogP contribution in [0.25, 0.3) is 10.2 Å². The van der Waals surface area contributed by atoms with Crippen LogP contribution in [0.3, 0.4) is 0 Å². The number of fused-ring (bicyclic) bond motifs is 1. The molecular weight excluding hydrogens is 316 g/mol. The fourth-order valence-electron chi connectivity index (χ4n) is 1.64. The third kappa shape index (κ3) is 3.06. The Kier molecular flexibility index (Phi) is 3.63. The number of aromatic nitrogens is 1. The Morgan fingerprint density at radius 3 is 3.00 bits per heavy atom. The minimum atomic E-state index is -0.599. The van der Waals surface area contributed by atoms with E-state index >= 15 is 0 Å². The Balaban J connectivity index is 1.73. The first-order chi connectivity index (χ1) is 10.1. The molecule has 0 radical (unpaired) electrons. The summed E-state index contributed by atoms with van der Waals surface area (Å²) in [5.74, 6) is 0.0597. The number of benzene rings is 1. The molecule has 21 heavy (non-hydrogen) atoms. The highest BCUT2D eigenvalue weighted by molar-refractivity contribution is 7.21. The summed E-state index contributed by atoms with van der Waals surface area (Å²) in [5, 5.41) is 19.5. The molecule has 0 spiro atoms. The molecule has 2 heterocycles. The molecule has 9 heteroatoms. The molecule has 0 amide bonds. The fourth-order valence-corrected chi connectivity index (χ4v) is 2.72. The highest BCUT2D eigenvalue weighted by atomic mass is 35.5. The number of rotatable bonds is 4. The number of furan rings is 1. The first-order valence-corrected chi connectivity index (χ1v) is 6.98. The van der Waals surface area contributed by atoms with Crippen molar-refractivity contribution in [3.05, 3.63) is 51.2 Å². The molecule has 2 aromatic heterocycles. The van der Waals surface area contributed by atoms with Crippen LogP contribution in [-0.4, -0.2) is 9.91 Å². The standard InChI is InChI=1S/C12H7ClN4O3S/c13-7-1-3-9-10(5-7)21-12(15-9)16-14-6-8-2-4-11(20-8)17(18)19/h1-5H,6H2. The van der Waals surface area contributed by atoms with Crippen LogP contribution in [0.15, 0.2) is 45.0 Å². The van der Waals surface area contributed by atoms with Gasteiger partial charge in [0.1, 0.15) is 17.2 Å². The summed E-state index contributed by atoms with van der Waals surface area (Å²) in [5.41, 5.74) is 0.798. The molecule has 0 saturated carbocycles. The summed E-state index contributed by atoms with van der Waals surface area (Å²) >= 11 is 7.26. The Morgan fingerprint density at radius 1 is 1.38 bits per heavy atom. The minimum absolute atomic E-state index is 0.116. The van der Waals surface area contributed by atoms with Crippen LogP contribution in [0.4, 0.5) is 11.0 Å². The van der Waals surface area contributed by atoms with Crippen LogP contribution < -0.4 is 0 Å². The van der Waals surface area contributed by atoms with Crippen LogP contribution >= 0.6 is 22.9 Å². The number of nitro groups is 1. The van der Waals surface area contributed by atoms with E-state index in [0.29, 0.717) is 15.9 Å². The molecule has 0 bridgehead atoms. The lowest BCUT2D eigenvalue weighted by Crippen LogP contribution is -1.83. The third-order valence-corrected chi connectivity index (χ3v) is 3.69. The molecule has 0 aliphatic rings. The van der Waals surface area contributed by atoms with Crippen LogP contribution in [-0.2, 0) is 6.54 Å². The van der Waals surface area contributed by atoms with Gasteiger partial charge in [-0.2, -0.15) is 5.11 Å². The molecule has 106 valence electrons. The number of thiazole rings is 1. The van der Waals surface area contributed by atoms with Gasteiger partial charge in [-0.25, -0.2) is 4.98 Å². The topological polar surface area (TPSA) is 93.9 Å². The summed E-state index contributed by atoms with van der Waals surface area (Å²) in [4.78, 5) is 14.2. The van der Waals surface area contributed by atoms with Gasteiger partial charge in [0, 0.05) is 5.02 Å². The average Bonchev–Trinajstić information content (AvgIpc) is 3.04. The van der Waals surface area contributed by atoms with E-state index in [4.69, 9.17) is 16.0 Å². The quantitative estimate of drug-likeness (QED) is 0.394. The van der Waals surface area contributed by atoms with Crippen molar-refractivity contribution in [2.24, 2.45) is 10.2 Å². The lowest BCUT2D eigenvalue weighted by molar-refractivity contribution is -0.402. The van der Waals surface area contributed by atoms with Crippen molar-refractivity contribution in [2.45, 2.75) is 6.54 Å². The van der Waals surface area contributed by atoms with Crippen molar-refractivity contribution in [3.8, 4) is 0 Å². The molecule has 3 rings (SSSR count). The molecule has 0 atom stereocenters. The Morgan fingerprint density at radius 2 is 2.24 bits per heavy atom. The van der Waals surface area contributed by atoms with Crippen molar-refractivity contribution in [3.63, 3.8) is 0 Å². The molecule has 7 nitrogen and oxygen atoms in total. The van der Waals surface area contributed by atoms with E-state index in [-0.39, 0.29) is 12.4 Å². The van der Waals surface area contributed by atoms with Gasteiger partial charge in [0.05, 0.1) is 16.3 Å². The van der Waals surface area contributed by atoms with Crippen LogP contribution in [0.2, 0.25) is 5.02 Å². The predicted molar refractivity (Wildman–Crippen MR) is 78.2 cm³/mol. The van der Waals surface area contributed by atoms with Gasteiger partial charge in [0.2, 0.25) is 5.13 Å². The second-order valence-electron chi connectivity index (χ2n) is 4.01. The molecule has 0 unspecified atom stereocenters. The first kappa shape index (κ1) is 13.7. The molecule has 1 aromatic carbocycles. The van der Waals surface area contributed by atoms with Crippen molar-refractivity contribution < 1.29 is 9.34 Å². The average molecular weight is 323 g/mol. The second-order valence-corrected chi connectivity index (χ2v) is 5.45. The van der Waals surface area contributed by atoms with E-state index in [0.717, 1.165) is 10.2 Å². The lowest BCUT2D eigenvalue weighted by atomic mass is 10.3. The first-order valence-electron chi connectivity index (χ1n) is 5.78. The minimum Gasteiger partial charge on any atom is -0.404 e. The number of halogens is 1. The Bertz CT molecular complexity index is 842. The highest BCUT2D eigenvalue weighted by Gasteiger charge is 2.11. The lowest BCUT2D eigenvalue weighted by Gasteiger charge is -1.86. The molecule has 0 N–H and O–H groups in total. The zero-order valence-electron chi connectivity index (χ0n) is 10.4. The monoisotopic (exact) mass is 322 g/mol. The van der Waals surface area contributed by atoms with E-state index in [1.165, 1.54) is 23.5 Å². The van der Waals surface area contributed by atoms with Crippen molar-refractivity contribution in [1.29, 1.82) is 0 Å². The highest BCUT2D eigenvalue weighted by Crippen LogP contribution is 2.30. The van der Waals surface area contributed by atoms with Gasteiger partial charge in [-0.15, -0.1) is 5.11 Å². The van der Waals surface area contributed by atoms with Crippen LogP contribution in [0.5, 0.6) is 0 Å². The van der Waals surface area contributed by atoms with Crippen LogP contribution in [0.1, 0.15) is 5.76 Å². The maximum atomic E-state index is 10.5. The summed E-state index contributed by atoms with van der Waals surface area (Å²) in [6, 6.07) is 8.15. The fraction of sp³-hybridized carbons (Fsp3) is 0.0833. The second kappa shape index (κ2) is 5.58.